The smallest absolute Gasteiger partial charge is 0.288 e. The summed E-state index contributed by atoms with van der Waals surface area (Å²) in [4.78, 5) is 27.2. The molecule has 0 saturated carbocycles. The van der Waals surface area contributed by atoms with Crippen LogP contribution in [0, 0.1) is 6.92 Å². The minimum atomic E-state index is -0.312. The highest BCUT2D eigenvalue weighted by atomic mass is 16.1. The van der Waals surface area contributed by atoms with Crippen LogP contribution in [0.1, 0.15) is 55.2 Å². The Morgan fingerprint density at radius 3 is 2.56 bits per heavy atom. The maximum atomic E-state index is 12.8. The van der Waals surface area contributed by atoms with Gasteiger partial charge in [0.15, 0.2) is 11.6 Å². The van der Waals surface area contributed by atoms with Crippen molar-refractivity contribution >= 4 is 23.2 Å². The van der Waals surface area contributed by atoms with Crippen LogP contribution in [0.25, 0.3) is 0 Å². The zero-order chi connectivity index (χ0) is 24.5. The number of hydrogen-bond donors (Lipinski definition) is 3. The van der Waals surface area contributed by atoms with E-state index in [1.807, 2.05) is 44.3 Å². The van der Waals surface area contributed by atoms with Gasteiger partial charge in [-0.25, -0.2) is 5.10 Å². The van der Waals surface area contributed by atoms with Gasteiger partial charge in [-0.2, -0.15) is 10.2 Å². The summed E-state index contributed by atoms with van der Waals surface area (Å²) >= 11 is 0. The maximum Gasteiger partial charge on any atom is 0.288 e. The van der Waals surface area contributed by atoms with Gasteiger partial charge in [-0.05, 0) is 42.9 Å². The molecule has 2 aromatic heterocycles. The van der Waals surface area contributed by atoms with Crippen molar-refractivity contribution < 1.29 is 4.79 Å². The van der Waals surface area contributed by atoms with Crippen LogP contribution >= 0.6 is 0 Å². The molecule has 1 fully saturated rings. The van der Waals surface area contributed by atoms with Gasteiger partial charge in [0.25, 0.3) is 11.5 Å². The molecular formula is C25H33N7O2. The van der Waals surface area contributed by atoms with Gasteiger partial charge >= 0.3 is 0 Å². The summed E-state index contributed by atoms with van der Waals surface area (Å²) < 4.78 is 1.74. The number of hydrogen-bond acceptors (Lipinski definition) is 6. The number of aryl methyl sites for hydroxylation is 2. The standard InChI is InChI=1S/C25H33N7O2/c1-16-13-21(30-31(16)5)27-20-14-22(28-29-24(20)34)32-12-6-7-19(15-32)26-23(33)17-8-10-18(11-9-17)25(2,3)4/h8-11,13-14,19H,6-7,12,15H2,1-5H3,(H,26,33)(H,29,34)(H,27,28,30)/t19-/m0/s1. The summed E-state index contributed by atoms with van der Waals surface area (Å²) in [7, 11) is 1.85. The number of anilines is 3. The van der Waals surface area contributed by atoms with Gasteiger partial charge in [0.1, 0.15) is 5.69 Å². The fourth-order valence-corrected chi connectivity index (χ4v) is 4.10. The molecule has 1 atom stereocenters. The lowest BCUT2D eigenvalue weighted by molar-refractivity contribution is 0.0933. The highest BCUT2D eigenvalue weighted by Gasteiger charge is 2.24. The zero-order valence-electron chi connectivity index (χ0n) is 20.5. The van der Waals surface area contributed by atoms with Crippen LogP contribution in [0.3, 0.4) is 0 Å². The maximum absolute atomic E-state index is 12.8. The van der Waals surface area contributed by atoms with Gasteiger partial charge in [0.2, 0.25) is 0 Å². The normalized spacial score (nSPS) is 16.4. The van der Waals surface area contributed by atoms with Crippen LogP contribution in [-0.4, -0.2) is 45.0 Å². The topological polar surface area (TPSA) is 108 Å². The first kappa shape index (κ1) is 23.5. The van der Waals surface area contributed by atoms with E-state index < -0.39 is 0 Å². The highest BCUT2D eigenvalue weighted by molar-refractivity contribution is 5.94. The van der Waals surface area contributed by atoms with Gasteiger partial charge in [0, 0.05) is 49.6 Å². The van der Waals surface area contributed by atoms with E-state index in [-0.39, 0.29) is 22.9 Å². The van der Waals surface area contributed by atoms with E-state index in [0.29, 0.717) is 29.4 Å². The van der Waals surface area contributed by atoms with Crippen LogP contribution in [0.15, 0.2) is 41.2 Å². The van der Waals surface area contributed by atoms with Crippen molar-refractivity contribution in [3.8, 4) is 0 Å². The first-order chi connectivity index (χ1) is 16.1. The molecule has 4 rings (SSSR count). The van der Waals surface area contributed by atoms with Crippen molar-refractivity contribution in [1.29, 1.82) is 0 Å². The monoisotopic (exact) mass is 463 g/mol. The second-order valence-corrected chi connectivity index (χ2v) is 9.97. The Kier molecular flexibility index (Phi) is 6.45. The molecular weight excluding hydrogens is 430 g/mol. The molecule has 3 aromatic rings. The minimum Gasteiger partial charge on any atom is -0.353 e. The van der Waals surface area contributed by atoms with Crippen molar-refractivity contribution in [2.45, 2.75) is 52.0 Å². The zero-order valence-corrected chi connectivity index (χ0v) is 20.5. The van der Waals surface area contributed by atoms with Gasteiger partial charge < -0.3 is 15.5 Å². The molecule has 0 bridgehead atoms. The predicted molar refractivity (Wildman–Crippen MR) is 134 cm³/mol. The van der Waals surface area contributed by atoms with E-state index in [9.17, 15) is 9.59 Å². The van der Waals surface area contributed by atoms with E-state index in [4.69, 9.17) is 0 Å². The molecule has 9 nitrogen and oxygen atoms in total. The molecule has 0 spiro atoms. The molecule has 0 aliphatic carbocycles. The summed E-state index contributed by atoms with van der Waals surface area (Å²) in [6, 6.07) is 11.4. The van der Waals surface area contributed by atoms with E-state index in [2.05, 4.69) is 51.6 Å². The lowest BCUT2D eigenvalue weighted by Crippen LogP contribution is -2.48. The molecule has 3 N–H and O–H groups in total. The van der Waals surface area contributed by atoms with Gasteiger partial charge in [-0.15, -0.1) is 0 Å². The summed E-state index contributed by atoms with van der Waals surface area (Å²) in [5.41, 5.74) is 2.95. The van der Waals surface area contributed by atoms with Crippen molar-refractivity contribution in [3.05, 3.63) is 63.6 Å². The van der Waals surface area contributed by atoms with Gasteiger partial charge in [-0.1, -0.05) is 32.9 Å². The second kappa shape index (κ2) is 9.32. The Morgan fingerprint density at radius 2 is 1.91 bits per heavy atom. The van der Waals surface area contributed by atoms with Gasteiger partial charge in [-0.3, -0.25) is 14.3 Å². The van der Waals surface area contributed by atoms with Crippen molar-refractivity contribution in [3.63, 3.8) is 0 Å². The minimum absolute atomic E-state index is 0.00730. The van der Waals surface area contributed by atoms with Crippen LogP contribution in [0.2, 0.25) is 0 Å². The van der Waals surface area contributed by atoms with Crippen LogP contribution < -0.4 is 21.1 Å². The third-order valence-electron chi connectivity index (χ3n) is 6.26. The third-order valence-corrected chi connectivity index (χ3v) is 6.26. The molecule has 1 amide bonds. The quantitative estimate of drug-likeness (QED) is 0.536. The fourth-order valence-electron chi connectivity index (χ4n) is 4.10. The molecule has 3 heterocycles. The number of carbonyl (C=O) groups excluding carboxylic acids is 1. The van der Waals surface area contributed by atoms with E-state index in [0.717, 1.165) is 25.1 Å². The van der Waals surface area contributed by atoms with Crippen molar-refractivity contribution in [2.75, 3.05) is 23.3 Å². The molecule has 1 saturated heterocycles. The van der Waals surface area contributed by atoms with Crippen LogP contribution in [0.4, 0.5) is 17.3 Å². The molecule has 1 aliphatic heterocycles. The average Bonchev–Trinajstić information content (AvgIpc) is 3.11. The summed E-state index contributed by atoms with van der Waals surface area (Å²) in [6.07, 6.45) is 1.81. The lowest BCUT2D eigenvalue weighted by atomic mass is 9.86. The summed E-state index contributed by atoms with van der Waals surface area (Å²) in [5.74, 6) is 1.18. The summed E-state index contributed by atoms with van der Waals surface area (Å²) in [5, 5.41) is 17.4. The Balaban J connectivity index is 1.43. The Morgan fingerprint density at radius 1 is 1.18 bits per heavy atom. The van der Waals surface area contributed by atoms with E-state index >= 15 is 0 Å². The number of nitrogens with zero attached hydrogens (tertiary/aromatic N) is 4. The first-order valence-corrected chi connectivity index (χ1v) is 11.6. The molecule has 1 aliphatic rings. The summed E-state index contributed by atoms with van der Waals surface area (Å²) in [6.45, 7) is 9.83. The van der Waals surface area contributed by atoms with Crippen molar-refractivity contribution in [1.82, 2.24) is 25.3 Å². The van der Waals surface area contributed by atoms with Crippen LogP contribution in [0.5, 0.6) is 0 Å². The number of nitrogens with one attached hydrogen (secondary N) is 3. The molecule has 1 aromatic carbocycles. The SMILES string of the molecule is Cc1cc(Nc2cc(N3CCC[C@H](NC(=O)c4ccc(C(C)(C)C)cc4)C3)n[nH]c2=O)nn1C. The molecule has 0 unspecified atom stereocenters. The number of H-pyrrole nitrogens is 1. The van der Waals surface area contributed by atoms with E-state index in [1.165, 1.54) is 5.56 Å². The third kappa shape index (κ3) is 5.30. The molecule has 34 heavy (non-hydrogen) atoms. The number of carbonyl (C=O) groups is 1. The second-order valence-electron chi connectivity index (χ2n) is 9.97. The Labute approximate surface area is 199 Å². The van der Waals surface area contributed by atoms with Crippen molar-refractivity contribution in [2.24, 2.45) is 7.05 Å². The predicted octanol–water partition coefficient (Wildman–Crippen LogP) is 3.25. The number of rotatable bonds is 5. The number of aromatic nitrogens is 4. The van der Waals surface area contributed by atoms with E-state index in [1.54, 1.807) is 10.7 Å². The number of piperidine rings is 1. The fraction of sp³-hybridized carbons (Fsp3) is 0.440. The number of amides is 1. The molecule has 180 valence electrons. The Bertz CT molecular complexity index is 1200. The first-order valence-electron chi connectivity index (χ1n) is 11.6. The number of aromatic amines is 1. The van der Waals surface area contributed by atoms with Gasteiger partial charge in [0.05, 0.1) is 0 Å². The van der Waals surface area contributed by atoms with Crippen LogP contribution in [-0.2, 0) is 12.5 Å². The molecule has 0 radical (unpaired) electrons. The molecule has 9 heteroatoms. The Hall–Kier alpha value is -3.62. The average molecular weight is 464 g/mol. The largest absolute Gasteiger partial charge is 0.353 e. The highest BCUT2D eigenvalue weighted by Crippen LogP contribution is 2.23. The number of benzene rings is 1. The lowest BCUT2D eigenvalue weighted by Gasteiger charge is -2.33.